The number of allylic oxidation sites excluding steroid dienone is 1. The molecule has 1 unspecified atom stereocenters. The molecule has 0 radical (unpaired) electrons. The zero-order valence-electron chi connectivity index (χ0n) is 12.8. The van der Waals surface area contributed by atoms with Crippen molar-refractivity contribution in [1.82, 2.24) is 0 Å². The van der Waals surface area contributed by atoms with Crippen molar-refractivity contribution in [2.24, 2.45) is 10.8 Å². The minimum absolute atomic E-state index is 0.212. The van der Waals surface area contributed by atoms with Gasteiger partial charge < -0.3 is 4.74 Å². The van der Waals surface area contributed by atoms with Gasteiger partial charge in [-0.1, -0.05) is 50.6 Å². The zero-order chi connectivity index (χ0) is 14.7. The number of para-hydroxylation sites is 1. The van der Waals surface area contributed by atoms with E-state index in [-0.39, 0.29) is 11.4 Å². The lowest BCUT2D eigenvalue weighted by molar-refractivity contribution is -0.147. The molecule has 0 aliphatic rings. The van der Waals surface area contributed by atoms with Crippen LogP contribution in [0.2, 0.25) is 0 Å². The normalized spacial score (nSPS) is 14.4. The molecule has 0 bridgehead atoms. The lowest BCUT2D eigenvalue weighted by Crippen LogP contribution is -2.41. The van der Waals surface area contributed by atoms with Gasteiger partial charge >= 0.3 is 5.97 Å². The lowest BCUT2D eigenvalue weighted by Gasteiger charge is -2.37. The van der Waals surface area contributed by atoms with E-state index in [0.717, 1.165) is 5.57 Å². The fraction of sp³-hybridized carbons (Fsp3) is 0.471. The predicted molar refractivity (Wildman–Crippen MR) is 79.1 cm³/mol. The van der Waals surface area contributed by atoms with Gasteiger partial charge in [-0.05, 0) is 38.3 Å². The summed E-state index contributed by atoms with van der Waals surface area (Å²) in [5.74, 6) is 0.373. The van der Waals surface area contributed by atoms with Crippen LogP contribution in [0.3, 0.4) is 0 Å². The predicted octanol–water partition coefficient (Wildman–Crippen LogP) is 4.61. The molecular weight excluding hydrogens is 236 g/mol. The highest BCUT2D eigenvalue weighted by atomic mass is 16.5. The molecule has 0 aromatic heterocycles. The Morgan fingerprint density at radius 3 is 2.00 bits per heavy atom. The van der Waals surface area contributed by atoms with Gasteiger partial charge in [0.15, 0.2) is 0 Å². The molecule has 1 rings (SSSR count). The van der Waals surface area contributed by atoms with Gasteiger partial charge in [-0.2, -0.15) is 0 Å². The van der Waals surface area contributed by atoms with Gasteiger partial charge in [0, 0.05) is 0 Å². The number of ether oxygens (including phenoxy) is 1. The number of benzene rings is 1. The molecule has 2 heteroatoms. The Bertz CT molecular complexity index is 462. The van der Waals surface area contributed by atoms with Gasteiger partial charge in [-0.3, -0.25) is 4.79 Å². The second kappa shape index (κ2) is 5.60. The fourth-order valence-electron chi connectivity index (χ4n) is 1.86. The Morgan fingerprint density at radius 2 is 1.58 bits per heavy atom. The van der Waals surface area contributed by atoms with Crippen molar-refractivity contribution >= 4 is 5.97 Å². The van der Waals surface area contributed by atoms with E-state index in [1.807, 2.05) is 45.0 Å². The largest absolute Gasteiger partial charge is 0.426 e. The number of carbonyl (C=O) groups excluding carboxylic acids is 1. The van der Waals surface area contributed by atoms with E-state index in [0.29, 0.717) is 5.75 Å². The SMILES string of the molecule is CC(C)=CC(C)(C(=O)Oc1ccccc1)C(C)(C)C. The maximum absolute atomic E-state index is 12.5. The van der Waals surface area contributed by atoms with Crippen LogP contribution < -0.4 is 4.74 Å². The van der Waals surface area contributed by atoms with Crippen molar-refractivity contribution in [3.8, 4) is 5.75 Å². The summed E-state index contributed by atoms with van der Waals surface area (Å²) in [6, 6.07) is 9.21. The summed E-state index contributed by atoms with van der Waals surface area (Å²) >= 11 is 0. The van der Waals surface area contributed by atoms with Crippen LogP contribution >= 0.6 is 0 Å². The lowest BCUT2D eigenvalue weighted by atomic mass is 9.67. The highest BCUT2D eigenvalue weighted by Crippen LogP contribution is 2.41. The molecule has 1 atom stereocenters. The van der Waals surface area contributed by atoms with Gasteiger partial charge in [0.2, 0.25) is 0 Å². The molecule has 0 saturated heterocycles. The van der Waals surface area contributed by atoms with E-state index in [1.54, 1.807) is 12.1 Å². The van der Waals surface area contributed by atoms with Crippen molar-refractivity contribution in [3.05, 3.63) is 42.0 Å². The highest BCUT2D eigenvalue weighted by molar-refractivity contribution is 5.82. The second-order valence-corrected chi connectivity index (χ2v) is 6.38. The van der Waals surface area contributed by atoms with Crippen LogP contribution in [0.1, 0.15) is 41.5 Å². The molecule has 0 amide bonds. The van der Waals surface area contributed by atoms with E-state index < -0.39 is 5.41 Å². The molecular formula is C17H24O2. The Labute approximate surface area is 116 Å². The number of hydrogen-bond donors (Lipinski definition) is 0. The maximum atomic E-state index is 12.5. The minimum atomic E-state index is -0.651. The van der Waals surface area contributed by atoms with E-state index >= 15 is 0 Å². The molecule has 0 heterocycles. The Kier molecular flexibility index (Phi) is 4.56. The van der Waals surface area contributed by atoms with E-state index in [2.05, 4.69) is 20.8 Å². The molecule has 0 aliphatic heterocycles. The monoisotopic (exact) mass is 260 g/mol. The van der Waals surface area contributed by atoms with Gasteiger partial charge in [0.25, 0.3) is 0 Å². The molecule has 0 aliphatic carbocycles. The molecule has 1 aromatic carbocycles. The summed E-state index contributed by atoms with van der Waals surface area (Å²) in [5.41, 5.74) is 0.250. The molecule has 0 fully saturated rings. The summed E-state index contributed by atoms with van der Waals surface area (Å²) in [5, 5.41) is 0. The summed E-state index contributed by atoms with van der Waals surface area (Å²) in [4.78, 5) is 12.5. The molecule has 1 aromatic rings. The number of carbonyl (C=O) groups is 1. The molecule has 0 saturated carbocycles. The van der Waals surface area contributed by atoms with Gasteiger partial charge in [0.1, 0.15) is 5.75 Å². The summed E-state index contributed by atoms with van der Waals surface area (Å²) in [6.45, 7) is 12.1. The first-order chi connectivity index (χ1) is 8.67. The fourth-order valence-corrected chi connectivity index (χ4v) is 1.86. The third kappa shape index (κ3) is 3.69. The number of esters is 1. The van der Waals surface area contributed by atoms with Crippen LogP contribution in [0.15, 0.2) is 42.0 Å². The van der Waals surface area contributed by atoms with Gasteiger partial charge in [0.05, 0.1) is 5.41 Å². The van der Waals surface area contributed by atoms with Crippen molar-refractivity contribution < 1.29 is 9.53 Å². The van der Waals surface area contributed by atoms with Crippen LogP contribution in [0.5, 0.6) is 5.75 Å². The average Bonchev–Trinajstić information content (AvgIpc) is 2.27. The second-order valence-electron chi connectivity index (χ2n) is 6.38. The van der Waals surface area contributed by atoms with E-state index in [9.17, 15) is 4.79 Å². The van der Waals surface area contributed by atoms with Crippen LogP contribution in [0, 0.1) is 10.8 Å². The summed E-state index contributed by atoms with van der Waals surface area (Å²) in [7, 11) is 0. The summed E-state index contributed by atoms with van der Waals surface area (Å²) in [6.07, 6.45) is 2.00. The molecule has 0 spiro atoms. The standard InChI is InChI=1S/C17H24O2/c1-13(2)12-17(6,16(3,4)5)15(18)19-14-10-8-7-9-11-14/h7-12H,1-6H3. The van der Waals surface area contributed by atoms with Crippen molar-refractivity contribution in [3.63, 3.8) is 0 Å². The van der Waals surface area contributed by atoms with Crippen LogP contribution in [-0.2, 0) is 4.79 Å². The molecule has 104 valence electrons. The Morgan fingerprint density at radius 1 is 1.05 bits per heavy atom. The topological polar surface area (TPSA) is 26.3 Å². The summed E-state index contributed by atoms with van der Waals surface area (Å²) < 4.78 is 5.52. The smallest absolute Gasteiger partial charge is 0.321 e. The third-order valence-corrected chi connectivity index (χ3v) is 3.51. The third-order valence-electron chi connectivity index (χ3n) is 3.51. The Hall–Kier alpha value is -1.57. The molecule has 0 N–H and O–H groups in total. The van der Waals surface area contributed by atoms with Crippen LogP contribution in [-0.4, -0.2) is 5.97 Å². The minimum Gasteiger partial charge on any atom is -0.426 e. The molecule has 19 heavy (non-hydrogen) atoms. The average molecular weight is 260 g/mol. The van der Waals surface area contributed by atoms with Crippen LogP contribution in [0.4, 0.5) is 0 Å². The first-order valence-corrected chi connectivity index (χ1v) is 6.60. The van der Waals surface area contributed by atoms with Crippen molar-refractivity contribution in [2.45, 2.75) is 41.5 Å². The number of hydrogen-bond acceptors (Lipinski definition) is 2. The van der Waals surface area contributed by atoms with Crippen molar-refractivity contribution in [1.29, 1.82) is 0 Å². The Balaban J connectivity index is 3.07. The quantitative estimate of drug-likeness (QED) is 0.450. The first-order valence-electron chi connectivity index (χ1n) is 6.60. The van der Waals surface area contributed by atoms with E-state index in [4.69, 9.17) is 4.74 Å². The first kappa shape index (κ1) is 15.5. The molecule has 2 nitrogen and oxygen atoms in total. The zero-order valence-corrected chi connectivity index (χ0v) is 12.8. The van der Waals surface area contributed by atoms with Crippen LogP contribution in [0.25, 0.3) is 0 Å². The number of rotatable bonds is 3. The van der Waals surface area contributed by atoms with Crippen molar-refractivity contribution in [2.75, 3.05) is 0 Å². The van der Waals surface area contributed by atoms with E-state index in [1.165, 1.54) is 0 Å². The van der Waals surface area contributed by atoms with Gasteiger partial charge in [-0.15, -0.1) is 0 Å². The highest BCUT2D eigenvalue weighted by Gasteiger charge is 2.44. The van der Waals surface area contributed by atoms with Gasteiger partial charge in [-0.25, -0.2) is 0 Å². The maximum Gasteiger partial charge on any atom is 0.321 e.